The molecule has 2 rings (SSSR count). The van der Waals surface area contributed by atoms with Crippen molar-refractivity contribution in [3.05, 3.63) is 59.7 Å². The lowest BCUT2D eigenvalue weighted by atomic mass is 10.1. The fourth-order valence-corrected chi connectivity index (χ4v) is 2.44. The SMILES string of the molecule is CC(C)(C)NC(=O)NC(=O)COC(=O)c1ccccc1Nc1cccc(C(F)(F)F)c1. The third-order valence-electron chi connectivity index (χ3n) is 3.69. The molecule has 0 aliphatic carbocycles. The van der Waals surface area contributed by atoms with Crippen molar-refractivity contribution < 1.29 is 32.3 Å². The Kier molecular flexibility index (Phi) is 7.27. The number of imide groups is 1. The first-order valence-electron chi connectivity index (χ1n) is 9.17. The van der Waals surface area contributed by atoms with Crippen LogP contribution in [0.1, 0.15) is 36.7 Å². The molecule has 0 heterocycles. The normalized spacial score (nSPS) is 11.4. The molecular weight excluding hydrogens is 415 g/mol. The molecule has 3 N–H and O–H groups in total. The number of esters is 1. The van der Waals surface area contributed by atoms with Crippen molar-refractivity contribution in [3.8, 4) is 0 Å². The first-order chi connectivity index (χ1) is 14.3. The van der Waals surface area contributed by atoms with Crippen LogP contribution in [-0.2, 0) is 15.7 Å². The third-order valence-corrected chi connectivity index (χ3v) is 3.69. The lowest BCUT2D eigenvalue weighted by Crippen LogP contribution is -2.49. The van der Waals surface area contributed by atoms with E-state index in [-0.39, 0.29) is 16.9 Å². The van der Waals surface area contributed by atoms with Crippen LogP contribution in [0.3, 0.4) is 0 Å². The third kappa shape index (κ3) is 7.65. The average molecular weight is 437 g/mol. The molecule has 0 atom stereocenters. The molecule has 2 aromatic carbocycles. The molecule has 31 heavy (non-hydrogen) atoms. The number of carbonyl (C=O) groups is 3. The van der Waals surface area contributed by atoms with E-state index in [2.05, 4.69) is 10.6 Å². The molecule has 0 unspecified atom stereocenters. The second-order valence-electron chi connectivity index (χ2n) is 7.58. The van der Waals surface area contributed by atoms with Gasteiger partial charge in [-0.1, -0.05) is 18.2 Å². The molecule has 3 amide bonds. The highest BCUT2D eigenvalue weighted by Gasteiger charge is 2.30. The molecular formula is C21H22F3N3O4. The van der Waals surface area contributed by atoms with E-state index >= 15 is 0 Å². The molecule has 0 aromatic heterocycles. The molecule has 166 valence electrons. The van der Waals surface area contributed by atoms with Gasteiger partial charge in [0.25, 0.3) is 5.91 Å². The highest BCUT2D eigenvalue weighted by atomic mass is 19.4. The zero-order valence-electron chi connectivity index (χ0n) is 17.1. The molecule has 7 nitrogen and oxygen atoms in total. The average Bonchev–Trinajstić information content (AvgIpc) is 2.64. The lowest BCUT2D eigenvalue weighted by Gasteiger charge is -2.20. The highest BCUT2D eigenvalue weighted by Crippen LogP contribution is 2.32. The van der Waals surface area contributed by atoms with Crippen LogP contribution in [0.4, 0.5) is 29.3 Å². The fourth-order valence-electron chi connectivity index (χ4n) is 2.44. The molecule has 0 spiro atoms. The van der Waals surface area contributed by atoms with E-state index in [4.69, 9.17) is 4.74 Å². The number of amides is 3. The van der Waals surface area contributed by atoms with Gasteiger partial charge >= 0.3 is 18.2 Å². The number of anilines is 2. The number of hydrogen-bond acceptors (Lipinski definition) is 5. The lowest BCUT2D eigenvalue weighted by molar-refractivity contribution is -0.137. The molecule has 10 heteroatoms. The van der Waals surface area contributed by atoms with Gasteiger partial charge in [0.1, 0.15) is 0 Å². The number of carbonyl (C=O) groups excluding carboxylic acids is 3. The van der Waals surface area contributed by atoms with Gasteiger partial charge in [-0.15, -0.1) is 0 Å². The summed E-state index contributed by atoms with van der Waals surface area (Å²) in [6.45, 7) is 4.47. The molecule has 0 saturated carbocycles. The summed E-state index contributed by atoms with van der Waals surface area (Å²) >= 11 is 0. The first-order valence-corrected chi connectivity index (χ1v) is 9.17. The van der Waals surface area contributed by atoms with Crippen LogP contribution in [0.25, 0.3) is 0 Å². The van der Waals surface area contributed by atoms with E-state index in [0.717, 1.165) is 12.1 Å². The van der Waals surface area contributed by atoms with Gasteiger partial charge in [0.2, 0.25) is 0 Å². The van der Waals surface area contributed by atoms with Crippen LogP contribution >= 0.6 is 0 Å². The molecule has 0 saturated heterocycles. The van der Waals surface area contributed by atoms with Crippen molar-refractivity contribution in [2.75, 3.05) is 11.9 Å². The second-order valence-corrected chi connectivity index (χ2v) is 7.58. The van der Waals surface area contributed by atoms with Crippen molar-refractivity contribution in [2.24, 2.45) is 0 Å². The minimum atomic E-state index is -4.51. The quantitative estimate of drug-likeness (QED) is 0.609. The number of rotatable bonds is 5. The van der Waals surface area contributed by atoms with E-state index in [9.17, 15) is 27.6 Å². The van der Waals surface area contributed by atoms with Crippen LogP contribution in [0.15, 0.2) is 48.5 Å². The summed E-state index contributed by atoms with van der Waals surface area (Å²) < 4.78 is 43.6. The van der Waals surface area contributed by atoms with E-state index < -0.39 is 41.8 Å². The van der Waals surface area contributed by atoms with Gasteiger partial charge < -0.3 is 15.4 Å². The summed E-state index contributed by atoms with van der Waals surface area (Å²) in [5.74, 6) is -1.72. The standard InChI is InChI=1S/C21H22F3N3O4/c1-20(2,3)27-19(30)26-17(28)12-31-18(29)15-9-4-5-10-16(15)25-14-8-6-7-13(11-14)21(22,23)24/h4-11,25H,12H2,1-3H3,(H2,26,27,28,30). The maximum absolute atomic E-state index is 12.9. The van der Waals surface area contributed by atoms with Crippen molar-refractivity contribution in [3.63, 3.8) is 0 Å². The summed E-state index contributed by atoms with van der Waals surface area (Å²) in [4.78, 5) is 35.9. The molecule has 0 bridgehead atoms. The molecule has 0 aliphatic rings. The number of ether oxygens (including phenoxy) is 1. The summed E-state index contributed by atoms with van der Waals surface area (Å²) in [6, 6.07) is 9.73. The maximum Gasteiger partial charge on any atom is 0.416 e. The van der Waals surface area contributed by atoms with Crippen molar-refractivity contribution >= 4 is 29.3 Å². The number of nitrogens with one attached hydrogen (secondary N) is 3. The first kappa shape index (κ1) is 23.7. The molecule has 2 aromatic rings. The Morgan fingerprint density at radius 1 is 0.968 bits per heavy atom. The zero-order valence-corrected chi connectivity index (χ0v) is 17.1. The second kappa shape index (κ2) is 9.50. The van der Waals surface area contributed by atoms with E-state index in [1.807, 2.05) is 5.32 Å². The number of alkyl halides is 3. The summed E-state index contributed by atoms with van der Waals surface area (Å²) in [7, 11) is 0. The minimum Gasteiger partial charge on any atom is -0.452 e. The topological polar surface area (TPSA) is 96.5 Å². The molecule has 0 radical (unpaired) electrons. The van der Waals surface area contributed by atoms with Crippen LogP contribution in [0.5, 0.6) is 0 Å². The number of urea groups is 1. The van der Waals surface area contributed by atoms with Gasteiger partial charge in [-0.2, -0.15) is 13.2 Å². The Balaban J connectivity index is 2.04. The monoisotopic (exact) mass is 437 g/mol. The van der Waals surface area contributed by atoms with Crippen LogP contribution in [0.2, 0.25) is 0 Å². The predicted octanol–water partition coefficient (Wildman–Crippen LogP) is 4.23. The van der Waals surface area contributed by atoms with Crippen LogP contribution < -0.4 is 16.0 Å². The number of para-hydroxylation sites is 1. The maximum atomic E-state index is 12.9. The largest absolute Gasteiger partial charge is 0.452 e. The Labute approximate surface area is 177 Å². The fraction of sp³-hybridized carbons (Fsp3) is 0.286. The van der Waals surface area contributed by atoms with E-state index in [1.165, 1.54) is 30.3 Å². The summed E-state index contributed by atoms with van der Waals surface area (Å²) in [6.07, 6.45) is -4.51. The van der Waals surface area contributed by atoms with Gasteiger partial charge in [0.15, 0.2) is 6.61 Å². The Bertz CT molecular complexity index is 969. The van der Waals surface area contributed by atoms with Crippen molar-refractivity contribution in [1.29, 1.82) is 0 Å². The minimum absolute atomic E-state index is 0.00635. The smallest absolute Gasteiger partial charge is 0.416 e. The van der Waals surface area contributed by atoms with Gasteiger partial charge in [-0.05, 0) is 51.1 Å². The van der Waals surface area contributed by atoms with Gasteiger partial charge in [0.05, 0.1) is 16.8 Å². The van der Waals surface area contributed by atoms with Gasteiger partial charge in [-0.25, -0.2) is 9.59 Å². The zero-order chi connectivity index (χ0) is 23.2. The highest BCUT2D eigenvalue weighted by molar-refractivity contribution is 5.99. The van der Waals surface area contributed by atoms with Gasteiger partial charge in [-0.3, -0.25) is 10.1 Å². The molecule has 0 aliphatic heterocycles. The Morgan fingerprint density at radius 3 is 2.29 bits per heavy atom. The predicted molar refractivity (Wildman–Crippen MR) is 108 cm³/mol. The Morgan fingerprint density at radius 2 is 1.65 bits per heavy atom. The van der Waals surface area contributed by atoms with E-state index in [0.29, 0.717) is 0 Å². The Hall–Kier alpha value is -3.56. The summed E-state index contributed by atoms with van der Waals surface area (Å²) in [5, 5.41) is 7.30. The van der Waals surface area contributed by atoms with Gasteiger partial charge in [0, 0.05) is 11.2 Å². The van der Waals surface area contributed by atoms with Crippen LogP contribution in [-0.4, -0.2) is 30.1 Å². The van der Waals surface area contributed by atoms with Crippen molar-refractivity contribution in [2.45, 2.75) is 32.5 Å². The van der Waals surface area contributed by atoms with E-state index in [1.54, 1.807) is 26.8 Å². The number of halogens is 3. The number of benzene rings is 2. The molecule has 0 fully saturated rings. The van der Waals surface area contributed by atoms with Crippen molar-refractivity contribution in [1.82, 2.24) is 10.6 Å². The number of hydrogen-bond donors (Lipinski definition) is 3. The summed E-state index contributed by atoms with van der Waals surface area (Å²) in [5.41, 5.74) is -1.09. The van der Waals surface area contributed by atoms with Crippen LogP contribution in [0, 0.1) is 0 Å².